The number of likely N-dealkylation sites (tertiary alicyclic amines) is 1. The number of carbonyl (C=O) groups excluding carboxylic acids is 1. The van der Waals surface area contributed by atoms with Crippen molar-refractivity contribution in [2.45, 2.75) is 51.9 Å². The van der Waals surface area contributed by atoms with Crippen LogP contribution in [-0.4, -0.2) is 37.0 Å². The maximum atomic E-state index is 12.7. The highest BCUT2D eigenvalue weighted by molar-refractivity contribution is 5.83. The highest BCUT2D eigenvalue weighted by Crippen LogP contribution is 2.33. The van der Waals surface area contributed by atoms with Gasteiger partial charge in [-0.05, 0) is 38.6 Å². The van der Waals surface area contributed by atoms with Crippen LogP contribution in [0.3, 0.4) is 0 Å². The molecule has 0 aromatic heterocycles. The highest BCUT2D eigenvalue weighted by atomic mass is 16.2. The SMILES string of the molecule is CCC1(C(=O)N2CCCCCC2)CCCNC1. The van der Waals surface area contributed by atoms with E-state index in [1.807, 2.05) is 0 Å². The molecule has 2 aliphatic rings. The van der Waals surface area contributed by atoms with Crippen LogP contribution in [0, 0.1) is 5.41 Å². The molecule has 0 bridgehead atoms. The van der Waals surface area contributed by atoms with Crippen LogP contribution in [0.1, 0.15) is 51.9 Å². The number of piperidine rings is 1. The van der Waals surface area contributed by atoms with E-state index in [-0.39, 0.29) is 5.41 Å². The number of nitrogens with one attached hydrogen (secondary N) is 1. The molecular formula is C14H26N2O. The number of hydrogen-bond acceptors (Lipinski definition) is 2. The van der Waals surface area contributed by atoms with Crippen molar-refractivity contribution in [3.63, 3.8) is 0 Å². The molecule has 17 heavy (non-hydrogen) atoms. The normalized spacial score (nSPS) is 31.0. The van der Waals surface area contributed by atoms with E-state index in [0.717, 1.165) is 45.4 Å². The molecule has 2 rings (SSSR count). The maximum Gasteiger partial charge on any atom is 0.230 e. The van der Waals surface area contributed by atoms with Gasteiger partial charge in [-0.1, -0.05) is 19.8 Å². The van der Waals surface area contributed by atoms with E-state index >= 15 is 0 Å². The smallest absolute Gasteiger partial charge is 0.230 e. The van der Waals surface area contributed by atoms with Crippen LogP contribution >= 0.6 is 0 Å². The second-order valence-corrected chi connectivity index (χ2v) is 5.62. The van der Waals surface area contributed by atoms with Crippen LogP contribution in [0.5, 0.6) is 0 Å². The summed E-state index contributed by atoms with van der Waals surface area (Å²) in [5.74, 6) is 0.425. The first-order valence-electron chi connectivity index (χ1n) is 7.29. The van der Waals surface area contributed by atoms with E-state index in [4.69, 9.17) is 0 Å². The number of amides is 1. The Labute approximate surface area is 105 Å². The molecule has 0 radical (unpaired) electrons. The fraction of sp³-hybridized carbons (Fsp3) is 0.929. The molecule has 1 amide bonds. The fourth-order valence-corrected chi connectivity index (χ4v) is 3.21. The van der Waals surface area contributed by atoms with Crippen LogP contribution in [0.15, 0.2) is 0 Å². The Morgan fingerprint density at radius 2 is 1.88 bits per heavy atom. The van der Waals surface area contributed by atoms with Gasteiger partial charge in [0.1, 0.15) is 0 Å². The van der Waals surface area contributed by atoms with Crippen molar-refractivity contribution in [1.82, 2.24) is 10.2 Å². The van der Waals surface area contributed by atoms with Crippen molar-refractivity contribution in [2.24, 2.45) is 5.41 Å². The van der Waals surface area contributed by atoms with Gasteiger partial charge in [-0.3, -0.25) is 4.79 Å². The van der Waals surface area contributed by atoms with Gasteiger partial charge in [0.25, 0.3) is 0 Å². The molecule has 1 unspecified atom stereocenters. The molecule has 98 valence electrons. The molecule has 2 saturated heterocycles. The van der Waals surface area contributed by atoms with E-state index in [1.165, 1.54) is 25.7 Å². The van der Waals surface area contributed by atoms with E-state index < -0.39 is 0 Å². The maximum absolute atomic E-state index is 12.7. The van der Waals surface area contributed by atoms with Gasteiger partial charge in [0.2, 0.25) is 5.91 Å². The molecule has 0 aromatic rings. The summed E-state index contributed by atoms with van der Waals surface area (Å²) in [4.78, 5) is 14.9. The van der Waals surface area contributed by atoms with Crippen LogP contribution in [0.2, 0.25) is 0 Å². The molecule has 0 spiro atoms. The Hall–Kier alpha value is -0.570. The highest BCUT2D eigenvalue weighted by Gasteiger charge is 2.40. The molecule has 3 heteroatoms. The van der Waals surface area contributed by atoms with E-state index in [9.17, 15) is 4.79 Å². The van der Waals surface area contributed by atoms with Crippen LogP contribution in [0.25, 0.3) is 0 Å². The fourth-order valence-electron chi connectivity index (χ4n) is 3.21. The van der Waals surface area contributed by atoms with Gasteiger partial charge >= 0.3 is 0 Å². The van der Waals surface area contributed by atoms with Crippen molar-refractivity contribution in [2.75, 3.05) is 26.2 Å². The first-order chi connectivity index (χ1) is 8.28. The molecule has 0 saturated carbocycles. The Morgan fingerprint density at radius 1 is 1.18 bits per heavy atom. The lowest BCUT2D eigenvalue weighted by Crippen LogP contribution is -2.51. The summed E-state index contributed by atoms with van der Waals surface area (Å²) in [6.45, 7) is 6.11. The lowest BCUT2D eigenvalue weighted by Gasteiger charge is -2.39. The average Bonchev–Trinajstić information content (AvgIpc) is 2.67. The second kappa shape index (κ2) is 5.85. The number of rotatable bonds is 2. The van der Waals surface area contributed by atoms with Gasteiger partial charge in [0.15, 0.2) is 0 Å². The number of carbonyl (C=O) groups is 1. The molecule has 1 N–H and O–H groups in total. The Bertz CT molecular complexity index is 251. The zero-order valence-corrected chi connectivity index (χ0v) is 11.1. The standard InChI is InChI=1S/C14H26N2O/c1-2-14(8-7-9-15-12-14)13(17)16-10-5-3-4-6-11-16/h15H,2-12H2,1H3. The minimum Gasteiger partial charge on any atom is -0.342 e. The quantitative estimate of drug-likeness (QED) is 0.799. The molecule has 2 heterocycles. The monoisotopic (exact) mass is 238 g/mol. The van der Waals surface area contributed by atoms with Crippen LogP contribution < -0.4 is 5.32 Å². The molecule has 3 nitrogen and oxygen atoms in total. The lowest BCUT2D eigenvalue weighted by atomic mass is 9.77. The summed E-state index contributed by atoms with van der Waals surface area (Å²) in [6, 6.07) is 0. The Balaban J connectivity index is 2.04. The molecule has 0 aromatic carbocycles. The summed E-state index contributed by atoms with van der Waals surface area (Å²) >= 11 is 0. The number of hydrogen-bond donors (Lipinski definition) is 1. The molecule has 0 aliphatic carbocycles. The van der Waals surface area contributed by atoms with Crippen LogP contribution in [0.4, 0.5) is 0 Å². The zero-order valence-electron chi connectivity index (χ0n) is 11.1. The van der Waals surface area contributed by atoms with E-state index in [1.54, 1.807) is 0 Å². The van der Waals surface area contributed by atoms with Gasteiger partial charge in [-0.15, -0.1) is 0 Å². The molecule has 1 atom stereocenters. The largest absolute Gasteiger partial charge is 0.342 e. The summed E-state index contributed by atoms with van der Waals surface area (Å²) < 4.78 is 0. The van der Waals surface area contributed by atoms with Gasteiger partial charge in [0, 0.05) is 19.6 Å². The molecular weight excluding hydrogens is 212 g/mol. The summed E-state index contributed by atoms with van der Waals surface area (Å²) in [6.07, 6.45) is 8.18. The van der Waals surface area contributed by atoms with Gasteiger partial charge in [0.05, 0.1) is 5.41 Å². The van der Waals surface area contributed by atoms with Gasteiger partial charge in [-0.25, -0.2) is 0 Å². The minimum absolute atomic E-state index is 0.0947. The predicted molar refractivity (Wildman–Crippen MR) is 69.9 cm³/mol. The van der Waals surface area contributed by atoms with E-state index in [0.29, 0.717) is 5.91 Å². The number of nitrogens with zero attached hydrogens (tertiary/aromatic N) is 1. The van der Waals surface area contributed by atoms with Gasteiger partial charge < -0.3 is 10.2 Å². The van der Waals surface area contributed by atoms with Crippen LogP contribution in [-0.2, 0) is 4.79 Å². The van der Waals surface area contributed by atoms with Crippen molar-refractivity contribution >= 4 is 5.91 Å². The first-order valence-corrected chi connectivity index (χ1v) is 7.29. The summed E-state index contributed by atoms with van der Waals surface area (Å²) in [5.41, 5.74) is -0.0947. The van der Waals surface area contributed by atoms with Crippen molar-refractivity contribution < 1.29 is 4.79 Å². The third-order valence-corrected chi connectivity index (χ3v) is 4.50. The third-order valence-electron chi connectivity index (χ3n) is 4.50. The second-order valence-electron chi connectivity index (χ2n) is 5.62. The lowest BCUT2D eigenvalue weighted by molar-refractivity contribution is -0.143. The minimum atomic E-state index is -0.0947. The van der Waals surface area contributed by atoms with E-state index in [2.05, 4.69) is 17.1 Å². The van der Waals surface area contributed by atoms with Crippen molar-refractivity contribution in [3.05, 3.63) is 0 Å². The summed E-state index contributed by atoms with van der Waals surface area (Å²) in [7, 11) is 0. The van der Waals surface area contributed by atoms with Crippen molar-refractivity contribution in [1.29, 1.82) is 0 Å². The van der Waals surface area contributed by atoms with Gasteiger partial charge in [-0.2, -0.15) is 0 Å². The Kier molecular flexibility index (Phi) is 4.43. The predicted octanol–water partition coefficient (Wildman–Crippen LogP) is 2.17. The zero-order chi connectivity index (χ0) is 12.1. The first kappa shape index (κ1) is 12.9. The topological polar surface area (TPSA) is 32.3 Å². The molecule has 2 aliphatic heterocycles. The third kappa shape index (κ3) is 2.82. The average molecular weight is 238 g/mol. The Morgan fingerprint density at radius 3 is 2.41 bits per heavy atom. The molecule has 2 fully saturated rings. The summed E-state index contributed by atoms with van der Waals surface area (Å²) in [5, 5.41) is 3.41. The van der Waals surface area contributed by atoms with Crippen molar-refractivity contribution in [3.8, 4) is 0 Å².